The normalized spacial score (nSPS) is 10.3. The fourth-order valence-corrected chi connectivity index (χ4v) is 2.45. The molecule has 0 heterocycles. The summed E-state index contributed by atoms with van der Waals surface area (Å²) in [4.78, 5) is 0. The largest absolute Gasteiger partial charge is 0.493 e. The van der Waals surface area contributed by atoms with Crippen LogP contribution in [0.2, 0.25) is 0 Å². The van der Waals surface area contributed by atoms with Gasteiger partial charge in [0.1, 0.15) is 6.61 Å². The van der Waals surface area contributed by atoms with Crippen LogP contribution in [0.25, 0.3) is 0 Å². The highest BCUT2D eigenvalue weighted by atomic mass is 79.9. The van der Waals surface area contributed by atoms with E-state index in [0.717, 1.165) is 33.5 Å². The average molecular weight is 336 g/mol. The molecule has 0 unspecified atom stereocenters. The van der Waals surface area contributed by atoms with Gasteiger partial charge in [-0.2, -0.15) is 0 Å². The summed E-state index contributed by atoms with van der Waals surface area (Å²) in [5.41, 5.74) is 7.84. The van der Waals surface area contributed by atoms with Crippen molar-refractivity contribution in [3.63, 3.8) is 0 Å². The molecule has 4 heteroatoms. The molecular formula is C16H18BrNO2. The van der Waals surface area contributed by atoms with Gasteiger partial charge in [0, 0.05) is 4.47 Å². The minimum absolute atomic E-state index is 0.514. The van der Waals surface area contributed by atoms with Crippen LogP contribution in [0.5, 0.6) is 11.5 Å². The lowest BCUT2D eigenvalue weighted by Crippen LogP contribution is -2.04. The first-order valence-electron chi connectivity index (χ1n) is 6.47. The van der Waals surface area contributed by atoms with Gasteiger partial charge in [0.25, 0.3) is 0 Å². The summed E-state index contributed by atoms with van der Waals surface area (Å²) in [7, 11) is 1.64. The van der Waals surface area contributed by atoms with Gasteiger partial charge in [-0.25, -0.2) is 0 Å². The molecule has 0 spiro atoms. The molecule has 0 aliphatic rings. The van der Waals surface area contributed by atoms with Crippen LogP contribution in [-0.2, 0) is 13.0 Å². The predicted molar refractivity (Wildman–Crippen MR) is 84.2 cm³/mol. The van der Waals surface area contributed by atoms with E-state index in [2.05, 4.69) is 15.9 Å². The molecule has 0 amide bonds. The van der Waals surface area contributed by atoms with Crippen molar-refractivity contribution in [1.82, 2.24) is 0 Å². The Balaban J connectivity index is 2.16. The summed E-state index contributed by atoms with van der Waals surface area (Å²) in [6.45, 7) is 1.12. The number of ether oxygens (including phenoxy) is 2. The number of halogens is 1. The van der Waals surface area contributed by atoms with E-state index in [1.807, 2.05) is 42.5 Å². The minimum atomic E-state index is 0.514. The number of hydrogen-bond donors (Lipinski definition) is 1. The van der Waals surface area contributed by atoms with Gasteiger partial charge in [0.05, 0.1) is 7.11 Å². The van der Waals surface area contributed by atoms with Crippen molar-refractivity contribution in [2.45, 2.75) is 13.0 Å². The van der Waals surface area contributed by atoms with E-state index in [4.69, 9.17) is 15.2 Å². The minimum Gasteiger partial charge on any atom is -0.493 e. The van der Waals surface area contributed by atoms with Crippen LogP contribution < -0.4 is 15.2 Å². The number of nitrogens with two attached hydrogens (primary N) is 1. The van der Waals surface area contributed by atoms with Crippen LogP contribution >= 0.6 is 15.9 Å². The molecule has 0 fully saturated rings. The van der Waals surface area contributed by atoms with Crippen LogP contribution in [0.4, 0.5) is 0 Å². The lowest BCUT2D eigenvalue weighted by atomic mass is 10.1. The molecule has 2 N–H and O–H groups in total. The van der Waals surface area contributed by atoms with Gasteiger partial charge < -0.3 is 15.2 Å². The van der Waals surface area contributed by atoms with Gasteiger partial charge in [-0.1, -0.05) is 46.3 Å². The Morgan fingerprint density at radius 3 is 2.50 bits per heavy atom. The monoisotopic (exact) mass is 335 g/mol. The van der Waals surface area contributed by atoms with Crippen LogP contribution in [0.3, 0.4) is 0 Å². The fraction of sp³-hybridized carbons (Fsp3) is 0.250. The molecule has 106 valence electrons. The van der Waals surface area contributed by atoms with Crippen molar-refractivity contribution in [1.29, 1.82) is 0 Å². The lowest BCUT2D eigenvalue weighted by Gasteiger charge is -2.13. The van der Waals surface area contributed by atoms with Gasteiger partial charge in [0.15, 0.2) is 11.5 Å². The SMILES string of the molecule is COc1cc(CCN)c(Br)cc1OCc1ccccc1. The van der Waals surface area contributed by atoms with Crippen molar-refractivity contribution in [3.8, 4) is 11.5 Å². The maximum absolute atomic E-state index is 5.84. The molecule has 0 aliphatic carbocycles. The van der Waals surface area contributed by atoms with Gasteiger partial charge >= 0.3 is 0 Å². The van der Waals surface area contributed by atoms with Crippen LogP contribution in [-0.4, -0.2) is 13.7 Å². The van der Waals surface area contributed by atoms with E-state index in [9.17, 15) is 0 Å². The summed E-state index contributed by atoms with van der Waals surface area (Å²) in [5, 5.41) is 0. The van der Waals surface area contributed by atoms with Crippen molar-refractivity contribution in [2.24, 2.45) is 5.73 Å². The molecule has 0 saturated carbocycles. The van der Waals surface area contributed by atoms with E-state index < -0.39 is 0 Å². The van der Waals surface area contributed by atoms with Gasteiger partial charge in [-0.15, -0.1) is 0 Å². The first-order valence-corrected chi connectivity index (χ1v) is 7.27. The summed E-state index contributed by atoms with van der Waals surface area (Å²) >= 11 is 3.55. The van der Waals surface area contributed by atoms with Crippen LogP contribution in [0, 0.1) is 0 Å². The summed E-state index contributed by atoms with van der Waals surface area (Å²) in [5.74, 6) is 1.46. The molecule has 2 rings (SSSR count). The highest BCUT2D eigenvalue weighted by molar-refractivity contribution is 9.10. The number of rotatable bonds is 6. The third-order valence-electron chi connectivity index (χ3n) is 2.98. The Hall–Kier alpha value is -1.52. The highest BCUT2D eigenvalue weighted by Gasteiger charge is 2.10. The van der Waals surface area contributed by atoms with Gasteiger partial charge in [-0.3, -0.25) is 0 Å². The zero-order valence-corrected chi connectivity index (χ0v) is 13.0. The molecule has 2 aromatic rings. The van der Waals surface area contributed by atoms with Gasteiger partial charge in [-0.05, 0) is 36.2 Å². The second-order valence-corrected chi connectivity index (χ2v) is 5.26. The van der Waals surface area contributed by atoms with E-state index in [1.54, 1.807) is 7.11 Å². The molecule has 20 heavy (non-hydrogen) atoms. The molecule has 0 radical (unpaired) electrons. The molecule has 0 aliphatic heterocycles. The molecule has 0 atom stereocenters. The zero-order chi connectivity index (χ0) is 14.4. The average Bonchev–Trinajstić information content (AvgIpc) is 2.48. The number of methoxy groups -OCH3 is 1. The Morgan fingerprint density at radius 2 is 1.85 bits per heavy atom. The third-order valence-corrected chi connectivity index (χ3v) is 3.72. The predicted octanol–water partition coefficient (Wildman–Crippen LogP) is 3.54. The standard InChI is InChI=1S/C16H18BrNO2/c1-19-15-9-13(7-8-18)14(17)10-16(15)20-11-12-5-3-2-4-6-12/h2-6,9-10H,7-8,11,18H2,1H3. The maximum Gasteiger partial charge on any atom is 0.162 e. The Bertz CT molecular complexity index is 558. The molecular weight excluding hydrogens is 318 g/mol. The second-order valence-electron chi connectivity index (χ2n) is 4.41. The smallest absolute Gasteiger partial charge is 0.162 e. The third kappa shape index (κ3) is 3.74. The lowest BCUT2D eigenvalue weighted by molar-refractivity contribution is 0.284. The van der Waals surface area contributed by atoms with E-state index in [-0.39, 0.29) is 0 Å². The Labute approximate surface area is 127 Å². The Morgan fingerprint density at radius 1 is 1.10 bits per heavy atom. The first-order chi connectivity index (χ1) is 9.74. The first kappa shape index (κ1) is 14.9. The van der Waals surface area contributed by atoms with E-state index in [1.165, 1.54) is 0 Å². The summed E-state index contributed by atoms with van der Waals surface area (Å²) in [6, 6.07) is 14.0. The summed E-state index contributed by atoms with van der Waals surface area (Å²) < 4.78 is 12.2. The highest BCUT2D eigenvalue weighted by Crippen LogP contribution is 2.34. The van der Waals surface area contributed by atoms with Gasteiger partial charge in [0.2, 0.25) is 0 Å². The van der Waals surface area contributed by atoms with Crippen LogP contribution in [0.1, 0.15) is 11.1 Å². The molecule has 0 bridgehead atoms. The van der Waals surface area contributed by atoms with Crippen molar-refractivity contribution < 1.29 is 9.47 Å². The van der Waals surface area contributed by atoms with Crippen molar-refractivity contribution >= 4 is 15.9 Å². The van der Waals surface area contributed by atoms with Crippen molar-refractivity contribution in [3.05, 3.63) is 58.1 Å². The number of hydrogen-bond acceptors (Lipinski definition) is 3. The van der Waals surface area contributed by atoms with E-state index in [0.29, 0.717) is 13.2 Å². The quantitative estimate of drug-likeness (QED) is 0.878. The Kier molecular flexibility index (Phi) is 5.44. The maximum atomic E-state index is 5.84. The molecule has 2 aromatic carbocycles. The topological polar surface area (TPSA) is 44.5 Å². The summed E-state index contributed by atoms with van der Waals surface area (Å²) in [6.07, 6.45) is 0.801. The molecule has 3 nitrogen and oxygen atoms in total. The van der Waals surface area contributed by atoms with Crippen LogP contribution in [0.15, 0.2) is 46.9 Å². The molecule has 0 saturated heterocycles. The second kappa shape index (κ2) is 7.31. The zero-order valence-electron chi connectivity index (χ0n) is 11.4. The van der Waals surface area contributed by atoms with Crippen molar-refractivity contribution in [2.75, 3.05) is 13.7 Å². The van der Waals surface area contributed by atoms with E-state index >= 15 is 0 Å². The molecule has 0 aromatic heterocycles. The fourth-order valence-electron chi connectivity index (χ4n) is 1.93. The number of benzene rings is 2.